The van der Waals surface area contributed by atoms with Crippen LogP contribution in [0.4, 0.5) is 0 Å². The third-order valence-electron chi connectivity index (χ3n) is 2.85. The quantitative estimate of drug-likeness (QED) is 0.830. The van der Waals surface area contributed by atoms with E-state index in [1.807, 2.05) is 6.92 Å². The van der Waals surface area contributed by atoms with Gasteiger partial charge < -0.3 is 9.47 Å². The highest BCUT2D eigenvalue weighted by Gasteiger charge is 2.16. The largest absolute Gasteiger partial charge is 0.494 e. The molecule has 1 aromatic carbocycles. The van der Waals surface area contributed by atoms with Gasteiger partial charge in [0.1, 0.15) is 5.75 Å². The average molecular weight is 265 g/mol. The molecule has 0 radical (unpaired) electrons. The highest BCUT2D eigenvalue weighted by Crippen LogP contribution is 2.14. The molecule has 1 saturated heterocycles. The van der Waals surface area contributed by atoms with Crippen LogP contribution >= 0.6 is 0 Å². The van der Waals surface area contributed by atoms with Gasteiger partial charge in [0.15, 0.2) is 6.29 Å². The van der Waals surface area contributed by atoms with Crippen LogP contribution in [0, 0.1) is 0 Å². The molecule has 1 N–H and O–H groups in total. The molecule has 1 fully saturated rings. The zero-order valence-corrected chi connectivity index (χ0v) is 11.1. The summed E-state index contributed by atoms with van der Waals surface area (Å²) in [5.41, 5.74) is 2.94. The van der Waals surface area contributed by atoms with E-state index in [-0.39, 0.29) is 12.2 Å². The Kier molecular flexibility index (Phi) is 5.18. The van der Waals surface area contributed by atoms with Crippen LogP contribution in [-0.4, -0.2) is 25.4 Å². The molecule has 1 atom stereocenters. The minimum atomic E-state index is -0.333. The van der Waals surface area contributed by atoms with E-state index >= 15 is 0 Å². The predicted octanol–water partition coefficient (Wildman–Crippen LogP) is 2.27. The van der Waals surface area contributed by atoms with Gasteiger partial charge in [-0.3, -0.25) is 4.79 Å². The standard InChI is InChI=1S/C14H19NO4/c1-2-17-12-8-6-11(7-9-12)14(16)15-19-13-5-3-4-10-18-13/h6-9,13H,2-5,10H2,1H3,(H,15,16)/t13-/m1/s1. The molecule has 5 nitrogen and oxygen atoms in total. The minimum absolute atomic E-state index is 0.280. The number of benzene rings is 1. The Morgan fingerprint density at radius 1 is 1.37 bits per heavy atom. The van der Waals surface area contributed by atoms with E-state index in [2.05, 4.69) is 5.48 Å². The summed E-state index contributed by atoms with van der Waals surface area (Å²) in [5.74, 6) is 0.466. The SMILES string of the molecule is CCOc1ccc(C(=O)NO[C@@H]2CCCCO2)cc1. The molecule has 0 spiro atoms. The number of nitrogens with one attached hydrogen (secondary N) is 1. The minimum Gasteiger partial charge on any atom is -0.494 e. The van der Waals surface area contributed by atoms with E-state index in [4.69, 9.17) is 14.3 Å². The van der Waals surface area contributed by atoms with Crippen molar-refractivity contribution in [2.24, 2.45) is 0 Å². The van der Waals surface area contributed by atoms with Gasteiger partial charge in [0.25, 0.3) is 5.91 Å². The molecular formula is C14H19NO4. The van der Waals surface area contributed by atoms with Gasteiger partial charge in [0.05, 0.1) is 6.61 Å². The summed E-state index contributed by atoms with van der Waals surface area (Å²) in [6, 6.07) is 6.92. The molecule has 1 aliphatic rings. The fourth-order valence-corrected chi connectivity index (χ4v) is 1.85. The van der Waals surface area contributed by atoms with Crippen LogP contribution in [0.25, 0.3) is 0 Å². The average Bonchev–Trinajstić information content (AvgIpc) is 2.47. The van der Waals surface area contributed by atoms with E-state index in [1.54, 1.807) is 24.3 Å². The van der Waals surface area contributed by atoms with Gasteiger partial charge in [-0.2, -0.15) is 0 Å². The first-order valence-corrected chi connectivity index (χ1v) is 6.60. The highest BCUT2D eigenvalue weighted by molar-refractivity contribution is 5.93. The molecule has 0 unspecified atom stereocenters. The fraction of sp³-hybridized carbons (Fsp3) is 0.500. The fourth-order valence-electron chi connectivity index (χ4n) is 1.85. The van der Waals surface area contributed by atoms with Crippen LogP contribution in [0.2, 0.25) is 0 Å². The maximum atomic E-state index is 11.8. The maximum absolute atomic E-state index is 11.8. The van der Waals surface area contributed by atoms with Crippen LogP contribution in [0.5, 0.6) is 5.75 Å². The van der Waals surface area contributed by atoms with Gasteiger partial charge in [-0.15, -0.1) is 0 Å². The molecule has 1 aliphatic heterocycles. The Hall–Kier alpha value is -1.59. The van der Waals surface area contributed by atoms with E-state index < -0.39 is 0 Å². The molecular weight excluding hydrogens is 246 g/mol. The second-order valence-electron chi connectivity index (χ2n) is 4.30. The van der Waals surface area contributed by atoms with Crippen molar-refractivity contribution in [1.29, 1.82) is 0 Å². The number of hydroxylamine groups is 1. The summed E-state index contributed by atoms with van der Waals surface area (Å²) in [5, 5.41) is 0. The number of ether oxygens (including phenoxy) is 2. The number of hydrogen-bond acceptors (Lipinski definition) is 4. The normalized spacial score (nSPS) is 18.9. The molecule has 0 aromatic heterocycles. The molecule has 1 amide bonds. The third-order valence-corrected chi connectivity index (χ3v) is 2.85. The van der Waals surface area contributed by atoms with Crippen LogP contribution in [-0.2, 0) is 9.57 Å². The van der Waals surface area contributed by atoms with E-state index in [0.29, 0.717) is 18.8 Å². The van der Waals surface area contributed by atoms with Crippen molar-refractivity contribution in [3.8, 4) is 5.75 Å². The molecule has 19 heavy (non-hydrogen) atoms. The van der Waals surface area contributed by atoms with Crippen molar-refractivity contribution in [2.75, 3.05) is 13.2 Å². The Morgan fingerprint density at radius 3 is 2.79 bits per heavy atom. The summed E-state index contributed by atoms with van der Waals surface area (Å²) in [6.45, 7) is 3.20. The van der Waals surface area contributed by atoms with E-state index in [0.717, 1.165) is 25.0 Å². The Balaban J connectivity index is 1.81. The van der Waals surface area contributed by atoms with Gasteiger partial charge in [-0.25, -0.2) is 10.3 Å². The number of carbonyl (C=O) groups is 1. The maximum Gasteiger partial charge on any atom is 0.274 e. The van der Waals surface area contributed by atoms with Crippen molar-refractivity contribution in [2.45, 2.75) is 32.5 Å². The topological polar surface area (TPSA) is 56.8 Å². The number of amides is 1. The monoisotopic (exact) mass is 265 g/mol. The van der Waals surface area contributed by atoms with Gasteiger partial charge in [-0.1, -0.05) is 0 Å². The zero-order chi connectivity index (χ0) is 13.5. The lowest BCUT2D eigenvalue weighted by atomic mass is 10.2. The summed E-state index contributed by atoms with van der Waals surface area (Å²) in [6.07, 6.45) is 2.58. The Morgan fingerprint density at radius 2 is 2.16 bits per heavy atom. The number of carbonyl (C=O) groups excluding carboxylic acids is 1. The highest BCUT2D eigenvalue weighted by atomic mass is 16.8. The van der Waals surface area contributed by atoms with Gasteiger partial charge >= 0.3 is 0 Å². The molecule has 5 heteroatoms. The molecule has 1 heterocycles. The van der Waals surface area contributed by atoms with Crippen molar-refractivity contribution in [3.05, 3.63) is 29.8 Å². The van der Waals surface area contributed by atoms with Crippen LogP contribution in [0.1, 0.15) is 36.5 Å². The molecule has 0 bridgehead atoms. The second-order valence-corrected chi connectivity index (χ2v) is 4.30. The summed E-state index contributed by atoms with van der Waals surface area (Å²) < 4.78 is 10.7. The zero-order valence-electron chi connectivity index (χ0n) is 11.1. The van der Waals surface area contributed by atoms with Crippen molar-refractivity contribution in [3.63, 3.8) is 0 Å². The molecule has 0 saturated carbocycles. The summed E-state index contributed by atoms with van der Waals surface area (Å²) in [4.78, 5) is 17.0. The first-order valence-electron chi connectivity index (χ1n) is 6.60. The smallest absolute Gasteiger partial charge is 0.274 e. The lowest BCUT2D eigenvalue weighted by molar-refractivity contribution is -0.186. The number of hydrogen-bond donors (Lipinski definition) is 1. The third kappa shape index (κ3) is 4.22. The van der Waals surface area contributed by atoms with Crippen molar-refractivity contribution >= 4 is 5.91 Å². The van der Waals surface area contributed by atoms with Gasteiger partial charge in [-0.05, 0) is 44.0 Å². The lowest BCUT2D eigenvalue weighted by Crippen LogP contribution is -2.33. The van der Waals surface area contributed by atoms with Gasteiger partial charge in [0.2, 0.25) is 0 Å². The molecule has 1 aromatic rings. The Bertz CT molecular complexity index is 398. The van der Waals surface area contributed by atoms with Crippen LogP contribution < -0.4 is 10.2 Å². The van der Waals surface area contributed by atoms with E-state index in [9.17, 15) is 4.79 Å². The molecule has 2 rings (SSSR count). The Labute approximate surface area is 112 Å². The van der Waals surface area contributed by atoms with E-state index in [1.165, 1.54) is 0 Å². The second kappa shape index (κ2) is 7.11. The molecule has 104 valence electrons. The molecule has 0 aliphatic carbocycles. The van der Waals surface area contributed by atoms with Crippen molar-refractivity contribution < 1.29 is 19.1 Å². The lowest BCUT2D eigenvalue weighted by Gasteiger charge is -2.22. The first kappa shape index (κ1) is 13.8. The summed E-state index contributed by atoms with van der Waals surface area (Å²) >= 11 is 0. The predicted molar refractivity (Wildman–Crippen MR) is 69.8 cm³/mol. The van der Waals surface area contributed by atoms with Crippen molar-refractivity contribution in [1.82, 2.24) is 5.48 Å². The van der Waals surface area contributed by atoms with Crippen LogP contribution in [0.15, 0.2) is 24.3 Å². The van der Waals surface area contributed by atoms with Gasteiger partial charge in [0, 0.05) is 18.6 Å². The summed E-state index contributed by atoms with van der Waals surface area (Å²) in [7, 11) is 0. The number of rotatable bonds is 5. The van der Waals surface area contributed by atoms with Crippen LogP contribution in [0.3, 0.4) is 0 Å². The first-order chi connectivity index (χ1) is 9.29.